The van der Waals surface area contributed by atoms with Gasteiger partial charge in [0.25, 0.3) is 0 Å². The first-order valence-electron chi connectivity index (χ1n) is 14.4. The van der Waals surface area contributed by atoms with Gasteiger partial charge >= 0.3 is 24.6 Å². The van der Waals surface area contributed by atoms with E-state index in [0.717, 1.165) is 0 Å². The first-order chi connectivity index (χ1) is 20.1. The summed E-state index contributed by atoms with van der Waals surface area (Å²) in [6, 6.07) is -0.621. The molecular weight excluding hydrogens is 519 g/mol. The summed E-state index contributed by atoms with van der Waals surface area (Å²) in [7, 11) is 0. The molecule has 1 aliphatic rings. The Hall–Kier alpha value is -2.96. The maximum atomic E-state index is 13.6. The second-order valence-corrected chi connectivity index (χ2v) is 8.05. The Balaban J connectivity index is 2.13. The van der Waals surface area contributed by atoms with Gasteiger partial charge in [0.05, 0.1) is 31.7 Å². The third kappa shape index (κ3) is 6.49. The Morgan fingerprint density at radius 2 is 1.59 bits per heavy atom. The number of ether oxygens (including phenoxy) is 1. The van der Waals surface area contributed by atoms with Crippen molar-refractivity contribution in [3.05, 3.63) is 64.2 Å². The second-order valence-electron chi connectivity index (χ2n) is 8.05. The minimum atomic E-state index is -5.19. The zero-order chi connectivity index (χ0) is 34.6. The van der Waals surface area contributed by atoms with Gasteiger partial charge in [0.1, 0.15) is 0 Å². The van der Waals surface area contributed by atoms with Crippen molar-refractivity contribution in [2.75, 3.05) is 11.5 Å². The highest BCUT2D eigenvalue weighted by atomic mass is 19.4. The SMILES string of the molecule is [2H]C([2H])([2H])CC1CC(NCc2cc(C(F)(F)F)cc(C(F)(F)F)c2)c2cc(C(F)(F)F)ccc2N1C(=O)OC([2H])([2H])C([2H])([2H])[2H]. The molecule has 13 heteroatoms. The lowest BCUT2D eigenvalue weighted by molar-refractivity contribution is -0.143. The molecular formula is C24H23F9N2O2. The standard InChI is InChI=1S/C24H23F9N2O2/c1-3-17-11-19(34-12-13-7-15(23(28,29)30)9-16(8-13)24(31,32)33)18-10-14(22(25,26)27)5-6-20(18)35(17)21(36)37-4-2/h5-10,17,19,34H,3-4,11-12H2,1-2H3/i1D3,2D3,4D2. The lowest BCUT2D eigenvalue weighted by Gasteiger charge is -2.40. The summed E-state index contributed by atoms with van der Waals surface area (Å²) in [6.07, 6.45) is -18.6. The molecule has 4 nitrogen and oxygen atoms in total. The van der Waals surface area contributed by atoms with Crippen molar-refractivity contribution in [3.63, 3.8) is 0 Å². The van der Waals surface area contributed by atoms with Crippen molar-refractivity contribution >= 4 is 11.8 Å². The van der Waals surface area contributed by atoms with Crippen molar-refractivity contribution in [1.29, 1.82) is 0 Å². The number of hydrogen-bond donors (Lipinski definition) is 1. The first-order valence-corrected chi connectivity index (χ1v) is 10.4. The number of amides is 1. The van der Waals surface area contributed by atoms with Gasteiger partial charge in [0, 0.05) is 26.9 Å². The number of halogens is 9. The fraction of sp³-hybridized carbons (Fsp3) is 0.458. The molecule has 1 amide bonds. The summed E-state index contributed by atoms with van der Waals surface area (Å²) in [6.45, 7) is -10.8. The van der Waals surface area contributed by atoms with E-state index < -0.39 is 110 Å². The molecule has 1 N–H and O–H groups in total. The molecule has 0 radical (unpaired) electrons. The zero-order valence-corrected chi connectivity index (χ0v) is 18.4. The van der Waals surface area contributed by atoms with Gasteiger partial charge in [-0.25, -0.2) is 4.79 Å². The maximum absolute atomic E-state index is 13.6. The van der Waals surface area contributed by atoms with Crippen molar-refractivity contribution < 1.29 is 60.0 Å². The summed E-state index contributed by atoms with van der Waals surface area (Å²) >= 11 is 0. The van der Waals surface area contributed by atoms with E-state index in [1.54, 1.807) is 0 Å². The van der Waals surface area contributed by atoms with E-state index >= 15 is 0 Å². The van der Waals surface area contributed by atoms with Crippen molar-refractivity contribution in [2.45, 2.75) is 63.7 Å². The Morgan fingerprint density at radius 1 is 0.973 bits per heavy atom. The molecule has 37 heavy (non-hydrogen) atoms. The van der Waals surface area contributed by atoms with Crippen LogP contribution in [-0.2, 0) is 29.8 Å². The van der Waals surface area contributed by atoms with Gasteiger partial charge in [-0.3, -0.25) is 4.90 Å². The summed E-state index contributed by atoms with van der Waals surface area (Å²) < 4.78 is 185. The minimum Gasteiger partial charge on any atom is -0.449 e. The first kappa shape index (κ1) is 19.2. The van der Waals surface area contributed by atoms with Gasteiger partial charge in [0.2, 0.25) is 0 Å². The number of benzene rings is 2. The van der Waals surface area contributed by atoms with Gasteiger partial charge in [-0.05, 0) is 67.2 Å². The van der Waals surface area contributed by atoms with E-state index in [-0.39, 0.29) is 6.07 Å². The van der Waals surface area contributed by atoms with Gasteiger partial charge in [-0.2, -0.15) is 39.5 Å². The van der Waals surface area contributed by atoms with Crippen LogP contribution < -0.4 is 10.2 Å². The molecule has 2 aromatic carbocycles. The highest BCUT2D eigenvalue weighted by Gasteiger charge is 2.40. The molecule has 1 aliphatic heterocycles. The van der Waals surface area contributed by atoms with Crippen LogP contribution in [0.2, 0.25) is 0 Å². The van der Waals surface area contributed by atoms with Crippen LogP contribution >= 0.6 is 0 Å². The molecule has 2 unspecified atom stereocenters. The molecule has 0 bridgehead atoms. The van der Waals surface area contributed by atoms with E-state index in [0.29, 0.717) is 35.2 Å². The van der Waals surface area contributed by atoms with Gasteiger partial charge in [0.15, 0.2) is 0 Å². The lowest BCUT2D eigenvalue weighted by atomic mass is 9.88. The molecule has 2 atom stereocenters. The molecule has 0 saturated heterocycles. The minimum absolute atomic E-state index is 0.122. The van der Waals surface area contributed by atoms with Crippen LogP contribution in [0.15, 0.2) is 36.4 Å². The quantitative estimate of drug-likeness (QED) is 0.388. The van der Waals surface area contributed by atoms with E-state index in [1.807, 2.05) is 0 Å². The summed E-state index contributed by atoms with van der Waals surface area (Å²) in [5.74, 6) is 0. The molecule has 1 heterocycles. The van der Waals surface area contributed by atoms with Gasteiger partial charge in [-0.15, -0.1) is 0 Å². The summed E-state index contributed by atoms with van der Waals surface area (Å²) in [5, 5.41) is 2.55. The molecule has 0 saturated carbocycles. The van der Waals surface area contributed by atoms with Crippen molar-refractivity contribution in [1.82, 2.24) is 5.32 Å². The maximum Gasteiger partial charge on any atom is 0.416 e. The predicted molar refractivity (Wildman–Crippen MR) is 116 cm³/mol. The van der Waals surface area contributed by atoms with Crippen molar-refractivity contribution in [2.24, 2.45) is 0 Å². The van der Waals surface area contributed by atoms with Gasteiger partial charge < -0.3 is 10.1 Å². The average molecular weight is 550 g/mol. The lowest BCUT2D eigenvalue weighted by Crippen LogP contribution is -2.47. The highest BCUT2D eigenvalue weighted by molar-refractivity contribution is 5.90. The van der Waals surface area contributed by atoms with Crippen LogP contribution in [-0.4, -0.2) is 18.7 Å². The molecule has 3 rings (SSSR count). The predicted octanol–water partition coefficient (Wildman–Crippen LogP) is 7.72. The van der Waals surface area contributed by atoms with Gasteiger partial charge in [-0.1, -0.05) is 6.85 Å². The molecule has 0 aliphatic carbocycles. The number of carbonyl (C=O) groups is 1. The van der Waals surface area contributed by atoms with Crippen LogP contribution in [0.1, 0.15) is 71.4 Å². The Bertz CT molecular complexity index is 1380. The van der Waals surface area contributed by atoms with E-state index in [1.165, 1.54) is 0 Å². The fourth-order valence-electron chi connectivity index (χ4n) is 4.00. The third-order valence-electron chi connectivity index (χ3n) is 5.63. The van der Waals surface area contributed by atoms with Crippen LogP contribution in [0.4, 0.5) is 50.0 Å². The number of rotatable bonds is 5. The van der Waals surface area contributed by atoms with Crippen LogP contribution in [0, 0.1) is 0 Å². The van der Waals surface area contributed by atoms with E-state index in [4.69, 9.17) is 11.0 Å². The van der Waals surface area contributed by atoms with Crippen LogP contribution in [0.3, 0.4) is 0 Å². The number of nitrogens with one attached hydrogen (secondary N) is 1. The Labute approximate surface area is 217 Å². The number of fused-ring (bicyclic) bond motifs is 1. The van der Waals surface area contributed by atoms with Crippen LogP contribution in [0.5, 0.6) is 0 Å². The Kier molecular flexibility index (Phi) is 5.40. The summed E-state index contributed by atoms with van der Waals surface area (Å²) in [5.41, 5.74) is -6.11. The average Bonchev–Trinajstić information content (AvgIpc) is 2.83. The summed E-state index contributed by atoms with van der Waals surface area (Å²) in [4.78, 5) is 13.6. The highest BCUT2D eigenvalue weighted by Crippen LogP contribution is 2.42. The fourth-order valence-corrected chi connectivity index (χ4v) is 4.00. The van der Waals surface area contributed by atoms with Crippen molar-refractivity contribution in [3.8, 4) is 0 Å². The third-order valence-corrected chi connectivity index (χ3v) is 5.63. The largest absolute Gasteiger partial charge is 0.449 e. The monoisotopic (exact) mass is 550 g/mol. The number of carbonyl (C=O) groups excluding carboxylic acids is 1. The topological polar surface area (TPSA) is 41.6 Å². The van der Waals surface area contributed by atoms with Crippen LogP contribution in [0.25, 0.3) is 0 Å². The molecule has 204 valence electrons. The van der Waals surface area contributed by atoms with E-state index in [9.17, 15) is 44.3 Å². The number of hydrogen-bond acceptors (Lipinski definition) is 3. The smallest absolute Gasteiger partial charge is 0.416 e. The number of alkyl halides is 9. The molecule has 0 spiro atoms. The molecule has 0 aromatic heterocycles. The normalized spacial score (nSPS) is 22.8. The molecule has 0 fully saturated rings. The number of nitrogens with zero attached hydrogens (tertiary/aromatic N) is 1. The molecule has 2 aromatic rings. The zero-order valence-electron chi connectivity index (χ0n) is 26.4. The second kappa shape index (κ2) is 10.4. The Morgan fingerprint density at radius 3 is 2.14 bits per heavy atom. The number of anilines is 1. The van der Waals surface area contributed by atoms with E-state index in [2.05, 4.69) is 10.1 Å².